The molecule has 1 saturated heterocycles. The number of likely N-dealkylation sites (tertiary alicyclic amines) is 1. The zero-order valence-corrected chi connectivity index (χ0v) is 11.3. The van der Waals surface area contributed by atoms with Crippen molar-refractivity contribution in [2.24, 2.45) is 16.8 Å². The van der Waals surface area contributed by atoms with Gasteiger partial charge in [-0.1, -0.05) is 6.92 Å². The van der Waals surface area contributed by atoms with Gasteiger partial charge in [0.2, 0.25) is 5.96 Å². The molecule has 0 amide bonds. The molecule has 2 atom stereocenters. The number of hydrazine groups is 1. The quantitative estimate of drug-likeness (QED) is 0.253. The predicted molar refractivity (Wildman–Crippen MR) is 70.7 cm³/mol. The fourth-order valence-corrected chi connectivity index (χ4v) is 2.34. The number of rotatable bonds is 4. The van der Waals surface area contributed by atoms with Crippen molar-refractivity contribution in [3.8, 4) is 0 Å². The minimum Gasteiger partial charge on any atom is -0.385 e. The van der Waals surface area contributed by atoms with Crippen LogP contribution in [0.2, 0.25) is 0 Å². The van der Waals surface area contributed by atoms with Crippen LogP contribution in [0.4, 0.5) is 0 Å². The van der Waals surface area contributed by atoms with E-state index in [0.717, 1.165) is 38.0 Å². The van der Waals surface area contributed by atoms with Crippen LogP contribution in [0.15, 0.2) is 4.99 Å². The van der Waals surface area contributed by atoms with Gasteiger partial charge in [0.05, 0.1) is 0 Å². The number of hydrogen-bond acceptors (Lipinski definition) is 3. The van der Waals surface area contributed by atoms with E-state index in [1.54, 1.807) is 7.11 Å². The summed E-state index contributed by atoms with van der Waals surface area (Å²) >= 11 is 0. The fraction of sp³-hybridized carbons (Fsp3) is 0.917. The van der Waals surface area contributed by atoms with Gasteiger partial charge in [0.1, 0.15) is 0 Å². The van der Waals surface area contributed by atoms with Crippen LogP contribution in [0.25, 0.3) is 0 Å². The van der Waals surface area contributed by atoms with E-state index < -0.39 is 0 Å². The molecule has 0 spiro atoms. The van der Waals surface area contributed by atoms with Crippen molar-refractivity contribution < 1.29 is 4.74 Å². The van der Waals surface area contributed by atoms with E-state index in [-0.39, 0.29) is 0 Å². The topological polar surface area (TPSA) is 62.9 Å². The number of nitrogens with zero attached hydrogens (tertiary/aromatic N) is 2. The van der Waals surface area contributed by atoms with Crippen LogP contribution < -0.4 is 11.3 Å². The molecule has 5 nitrogen and oxygen atoms in total. The second-order valence-electron chi connectivity index (χ2n) is 4.87. The molecule has 2 unspecified atom stereocenters. The summed E-state index contributed by atoms with van der Waals surface area (Å²) in [5.41, 5.74) is 2.73. The third-order valence-electron chi connectivity index (χ3n) is 3.31. The molecule has 1 aliphatic heterocycles. The van der Waals surface area contributed by atoms with Gasteiger partial charge in [0, 0.05) is 32.8 Å². The highest BCUT2D eigenvalue weighted by molar-refractivity contribution is 5.79. The summed E-state index contributed by atoms with van der Waals surface area (Å²) in [6.45, 7) is 7.08. The molecule has 0 aromatic heterocycles. The van der Waals surface area contributed by atoms with E-state index in [2.05, 4.69) is 29.2 Å². The largest absolute Gasteiger partial charge is 0.385 e. The van der Waals surface area contributed by atoms with E-state index in [4.69, 9.17) is 10.6 Å². The Labute approximate surface area is 104 Å². The van der Waals surface area contributed by atoms with Gasteiger partial charge >= 0.3 is 0 Å². The third-order valence-corrected chi connectivity index (χ3v) is 3.31. The lowest BCUT2D eigenvalue weighted by Crippen LogP contribution is -2.52. The van der Waals surface area contributed by atoms with E-state index in [1.807, 2.05) is 0 Å². The van der Waals surface area contributed by atoms with Crippen molar-refractivity contribution in [3.05, 3.63) is 0 Å². The van der Waals surface area contributed by atoms with E-state index in [1.165, 1.54) is 12.8 Å². The maximum atomic E-state index is 5.56. The van der Waals surface area contributed by atoms with E-state index in [9.17, 15) is 0 Å². The Morgan fingerprint density at radius 3 is 2.88 bits per heavy atom. The van der Waals surface area contributed by atoms with Gasteiger partial charge in [0.25, 0.3) is 0 Å². The van der Waals surface area contributed by atoms with Crippen molar-refractivity contribution in [1.29, 1.82) is 0 Å². The Morgan fingerprint density at radius 2 is 2.29 bits per heavy atom. The van der Waals surface area contributed by atoms with Crippen molar-refractivity contribution in [2.45, 2.75) is 39.2 Å². The van der Waals surface area contributed by atoms with Crippen LogP contribution >= 0.6 is 0 Å². The number of ether oxygens (including phenoxy) is 1. The number of nitrogens with one attached hydrogen (secondary N) is 1. The van der Waals surface area contributed by atoms with Gasteiger partial charge in [-0.05, 0) is 32.1 Å². The minimum absolute atomic E-state index is 0.510. The highest BCUT2D eigenvalue weighted by Gasteiger charge is 2.24. The minimum atomic E-state index is 0.510. The Balaban J connectivity index is 2.48. The summed E-state index contributed by atoms with van der Waals surface area (Å²) in [6.07, 6.45) is 3.35. The number of guanidine groups is 1. The molecule has 5 heteroatoms. The number of nitrogens with two attached hydrogens (primary N) is 1. The average molecular weight is 242 g/mol. The third kappa shape index (κ3) is 4.52. The molecule has 0 aliphatic carbocycles. The van der Waals surface area contributed by atoms with Gasteiger partial charge < -0.3 is 9.64 Å². The molecule has 1 aliphatic rings. The monoisotopic (exact) mass is 242 g/mol. The molecule has 0 radical (unpaired) electrons. The fourth-order valence-electron chi connectivity index (χ4n) is 2.34. The highest BCUT2D eigenvalue weighted by atomic mass is 16.5. The van der Waals surface area contributed by atoms with Crippen molar-refractivity contribution in [1.82, 2.24) is 10.3 Å². The number of aliphatic imine (C=N–C) groups is 1. The number of methoxy groups -OCH3 is 1. The van der Waals surface area contributed by atoms with Crippen LogP contribution in [0.5, 0.6) is 0 Å². The van der Waals surface area contributed by atoms with Gasteiger partial charge in [-0.2, -0.15) is 0 Å². The Kier molecular flexibility index (Phi) is 6.29. The molecule has 3 N–H and O–H groups in total. The molecule has 17 heavy (non-hydrogen) atoms. The summed E-state index contributed by atoms with van der Waals surface area (Å²) in [5, 5.41) is 0. The van der Waals surface area contributed by atoms with Crippen LogP contribution in [-0.4, -0.2) is 43.7 Å². The van der Waals surface area contributed by atoms with Crippen LogP contribution in [0.3, 0.4) is 0 Å². The first-order valence-electron chi connectivity index (χ1n) is 6.45. The van der Waals surface area contributed by atoms with Gasteiger partial charge in [-0.15, -0.1) is 0 Å². The van der Waals surface area contributed by atoms with Gasteiger partial charge in [-0.25, -0.2) is 5.84 Å². The maximum absolute atomic E-state index is 5.56. The van der Waals surface area contributed by atoms with Crippen molar-refractivity contribution in [3.63, 3.8) is 0 Å². The van der Waals surface area contributed by atoms with Crippen LogP contribution in [0, 0.1) is 5.92 Å². The molecule has 1 fully saturated rings. The lowest BCUT2D eigenvalue weighted by atomic mass is 9.94. The first-order valence-corrected chi connectivity index (χ1v) is 6.45. The van der Waals surface area contributed by atoms with Gasteiger partial charge in [0.15, 0.2) is 0 Å². The average Bonchev–Trinajstić information content (AvgIpc) is 2.31. The smallest absolute Gasteiger partial charge is 0.208 e. The lowest BCUT2D eigenvalue weighted by molar-refractivity contribution is 0.194. The van der Waals surface area contributed by atoms with E-state index in [0.29, 0.717) is 6.04 Å². The number of piperidine rings is 1. The summed E-state index contributed by atoms with van der Waals surface area (Å²) < 4.78 is 5.00. The molecule has 0 bridgehead atoms. The first-order chi connectivity index (χ1) is 8.19. The molecule has 100 valence electrons. The molecule has 1 rings (SSSR count). The summed E-state index contributed by atoms with van der Waals surface area (Å²) in [4.78, 5) is 6.78. The Bertz CT molecular complexity index is 245. The zero-order chi connectivity index (χ0) is 12.7. The number of hydrogen-bond donors (Lipinski definition) is 2. The second-order valence-corrected chi connectivity index (χ2v) is 4.87. The summed E-state index contributed by atoms with van der Waals surface area (Å²) in [5.74, 6) is 7.18. The highest BCUT2D eigenvalue weighted by Crippen LogP contribution is 2.21. The predicted octanol–water partition coefficient (Wildman–Crippen LogP) is 0.963. The SMILES string of the molecule is COCCCN=C(NN)N1CCC(C)CC1C. The Morgan fingerprint density at radius 1 is 1.53 bits per heavy atom. The molecule has 0 saturated carbocycles. The van der Waals surface area contributed by atoms with Crippen molar-refractivity contribution in [2.75, 3.05) is 26.8 Å². The molecular weight excluding hydrogens is 216 g/mol. The summed E-state index contributed by atoms with van der Waals surface area (Å²) in [7, 11) is 1.71. The second kappa shape index (κ2) is 7.50. The zero-order valence-electron chi connectivity index (χ0n) is 11.3. The molecule has 0 aromatic rings. The lowest BCUT2D eigenvalue weighted by Gasteiger charge is -2.38. The van der Waals surface area contributed by atoms with Crippen LogP contribution in [-0.2, 0) is 4.74 Å². The summed E-state index contributed by atoms with van der Waals surface area (Å²) in [6, 6.07) is 0.510. The van der Waals surface area contributed by atoms with E-state index >= 15 is 0 Å². The molecular formula is C12H26N4O. The standard InChI is InChI=1S/C12H26N4O/c1-10-5-7-16(11(2)9-10)12(15-13)14-6-4-8-17-3/h10-11H,4-9,13H2,1-3H3,(H,14,15). The van der Waals surface area contributed by atoms with Gasteiger partial charge in [-0.3, -0.25) is 10.4 Å². The van der Waals surface area contributed by atoms with Crippen LogP contribution in [0.1, 0.15) is 33.1 Å². The normalized spacial score (nSPS) is 26.1. The first kappa shape index (κ1) is 14.3. The Hall–Kier alpha value is -0.810. The molecule has 1 heterocycles. The molecule has 0 aromatic carbocycles. The van der Waals surface area contributed by atoms with Crippen molar-refractivity contribution >= 4 is 5.96 Å². The maximum Gasteiger partial charge on any atom is 0.208 e.